The van der Waals surface area contributed by atoms with Crippen molar-refractivity contribution in [2.24, 2.45) is 0 Å². The Hall–Kier alpha value is -1.58. The van der Waals surface area contributed by atoms with Crippen molar-refractivity contribution >= 4 is 22.8 Å². The molecular formula is C6H7N3O. The minimum Gasteiger partial charge on any atom is -0.439 e. The average Bonchev–Trinajstić information content (AvgIpc) is 2.21. The molecule has 0 aliphatic heterocycles. The van der Waals surface area contributed by atoms with Gasteiger partial charge in [0, 0.05) is 12.1 Å². The Bertz CT molecular complexity index is 297. The molecule has 0 amide bonds. The van der Waals surface area contributed by atoms with E-state index in [1.165, 1.54) is 0 Å². The summed E-state index contributed by atoms with van der Waals surface area (Å²) in [4.78, 5) is 2.88. The second kappa shape index (κ2) is 1.47. The number of nitrogens with one attached hydrogen (secondary N) is 1. The molecule has 0 spiro atoms. The number of H-pyrrole nitrogens is 1. The highest BCUT2D eigenvalue weighted by molar-refractivity contribution is 5.80. The minimum absolute atomic E-state index is 0.404. The molecule has 0 aromatic carbocycles. The van der Waals surface area contributed by atoms with E-state index in [-0.39, 0.29) is 0 Å². The maximum absolute atomic E-state index is 5.43. The van der Waals surface area contributed by atoms with Gasteiger partial charge >= 0.3 is 0 Å². The molecule has 2 aromatic rings. The molecule has 4 heteroatoms. The number of rotatable bonds is 0. The van der Waals surface area contributed by atoms with Gasteiger partial charge in [-0.25, -0.2) is 0 Å². The van der Waals surface area contributed by atoms with Crippen LogP contribution in [0.3, 0.4) is 0 Å². The van der Waals surface area contributed by atoms with Crippen molar-refractivity contribution in [3.05, 3.63) is 12.1 Å². The van der Waals surface area contributed by atoms with Crippen LogP contribution < -0.4 is 11.5 Å². The molecule has 10 heavy (non-hydrogen) atoms. The number of hydrogen-bond acceptors (Lipinski definition) is 3. The lowest BCUT2D eigenvalue weighted by atomic mass is 10.5. The fraction of sp³-hybridized carbons (Fsp3) is 0. The van der Waals surface area contributed by atoms with Crippen LogP contribution in [0.2, 0.25) is 0 Å². The molecule has 0 saturated carbocycles. The molecule has 5 N–H and O–H groups in total. The zero-order valence-electron chi connectivity index (χ0n) is 5.22. The molecule has 52 valence electrons. The maximum atomic E-state index is 5.43. The van der Waals surface area contributed by atoms with E-state index in [0.29, 0.717) is 17.3 Å². The van der Waals surface area contributed by atoms with Crippen molar-refractivity contribution in [2.75, 3.05) is 11.5 Å². The summed E-state index contributed by atoms with van der Waals surface area (Å²) in [5, 5.41) is 0. The van der Waals surface area contributed by atoms with Crippen molar-refractivity contribution < 1.29 is 4.42 Å². The fourth-order valence-corrected chi connectivity index (χ4v) is 0.963. The van der Waals surface area contributed by atoms with E-state index in [0.717, 1.165) is 5.52 Å². The van der Waals surface area contributed by atoms with Crippen LogP contribution in [-0.4, -0.2) is 4.98 Å². The van der Waals surface area contributed by atoms with Gasteiger partial charge in [0.15, 0.2) is 11.5 Å². The monoisotopic (exact) mass is 137 g/mol. The number of aromatic amines is 1. The molecule has 2 rings (SSSR count). The molecule has 0 radical (unpaired) electrons. The molecule has 0 fully saturated rings. The van der Waals surface area contributed by atoms with E-state index in [1.54, 1.807) is 12.1 Å². The Morgan fingerprint density at radius 1 is 1.30 bits per heavy atom. The van der Waals surface area contributed by atoms with Gasteiger partial charge in [0.2, 0.25) is 0 Å². The van der Waals surface area contributed by atoms with Gasteiger partial charge in [0.05, 0.1) is 5.52 Å². The summed E-state index contributed by atoms with van der Waals surface area (Å²) in [6.07, 6.45) is 0. The summed E-state index contributed by atoms with van der Waals surface area (Å²) in [5.41, 5.74) is 12.3. The van der Waals surface area contributed by atoms with Gasteiger partial charge in [-0.15, -0.1) is 0 Å². The first-order chi connectivity index (χ1) is 4.75. The molecule has 0 bridgehead atoms. The second-order valence-electron chi connectivity index (χ2n) is 2.15. The maximum Gasteiger partial charge on any atom is 0.193 e. The predicted molar refractivity (Wildman–Crippen MR) is 39.4 cm³/mol. The highest BCUT2D eigenvalue weighted by atomic mass is 16.3. The normalized spacial score (nSPS) is 10.8. The summed E-state index contributed by atoms with van der Waals surface area (Å²) in [5.74, 6) is 0.995. The summed E-state index contributed by atoms with van der Waals surface area (Å²) in [6.45, 7) is 0. The highest BCUT2D eigenvalue weighted by Crippen LogP contribution is 2.21. The summed E-state index contributed by atoms with van der Waals surface area (Å²) in [7, 11) is 0. The van der Waals surface area contributed by atoms with Gasteiger partial charge in [-0.3, -0.25) is 0 Å². The van der Waals surface area contributed by atoms with Crippen molar-refractivity contribution in [1.29, 1.82) is 0 Å². The average molecular weight is 137 g/mol. The van der Waals surface area contributed by atoms with Crippen molar-refractivity contribution in [3.8, 4) is 0 Å². The Kier molecular flexibility index (Phi) is 0.768. The molecule has 4 nitrogen and oxygen atoms in total. The summed E-state index contributed by atoms with van der Waals surface area (Å²) < 4.78 is 5.06. The first-order valence-corrected chi connectivity index (χ1v) is 2.89. The fourth-order valence-electron chi connectivity index (χ4n) is 0.963. The van der Waals surface area contributed by atoms with Gasteiger partial charge in [-0.1, -0.05) is 0 Å². The summed E-state index contributed by atoms with van der Waals surface area (Å²) in [6, 6.07) is 3.40. The minimum atomic E-state index is 0.404. The number of anilines is 2. The molecule has 2 aromatic heterocycles. The van der Waals surface area contributed by atoms with Crippen LogP contribution >= 0.6 is 0 Å². The zero-order chi connectivity index (χ0) is 7.14. The van der Waals surface area contributed by atoms with Crippen LogP contribution in [-0.2, 0) is 0 Å². The molecule has 0 atom stereocenters. The third kappa shape index (κ3) is 0.556. The first kappa shape index (κ1) is 5.22. The number of furan rings is 1. The first-order valence-electron chi connectivity index (χ1n) is 2.89. The van der Waals surface area contributed by atoms with Gasteiger partial charge in [-0.05, 0) is 0 Å². The lowest BCUT2D eigenvalue weighted by Gasteiger charge is -1.79. The Labute approximate surface area is 56.8 Å². The Balaban J connectivity index is 2.83. The Morgan fingerprint density at radius 3 is 2.80 bits per heavy atom. The standard InChI is InChI=1S/C6H7N3O/c7-5-2-4-3(9-5)1-6(8)10-4/h1-2,9H,7-8H2. The largest absolute Gasteiger partial charge is 0.439 e. The van der Waals surface area contributed by atoms with Gasteiger partial charge in [-0.2, -0.15) is 0 Å². The zero-order valence-corrected chi connectivity index (χ0v) is 5.22. The smallest absolute Gasteiger partial charge is 0.193 e. The topological polar surface area (TPSA) is 81.0 Å². The SMILES string of the molecule is Nc1cc2oc(N)cc2[nH]1. The van der Waals surface area contributed by atoms with Gasteiger partial charge in [0.1, 0.15) is 5.82 Å². The molecule has 0 aliphatic carbocycles. The predicted octanol–water partition coefficient (Wildman–Crippen LogP) is 0.925. The van der Waals surface area contributed by atoms with Crippen LogP contribution in [0, 0.1) is 0 Å². The molecule has 2 heterocycles. The lowest BCUT2D eigenvalue weighted by Crippen LogP contribution is -1.81. The van der Waals surface area contributed by atoms with E-state index >= 15 is 0 Å². The van der Waals surface area contributed by atoms with Crippen molar-refractivity contribution in [2.45, 2.75) is 0 Å². The molecule has 0 saturated heterocycles. The van der Waals surface area contributed by atoms with Crippen LogP contribution in [0.25, 0.3) is 11.1 Å². The van der Waals surface area contributed by atoms with E-state index < -0.39 is 0 Å². The number of fused-ring (bicyclic) bond motifs is 1. The van der Waals surface area contributed by atoms with Crippen molar-refractivity contribution in [1.82, 2.24) is 4.98 Å². The number of nitrogen functional groups attached to an aromatic ring is 2. The lowest BCUT2D eigenvalue weighted by molar-refractivity contribution is 0.638. The quantitative estimate of drug-likeness (QED) is 0.505. The highest BCUT2D eigenvalue weighted by Gasteiger charge is 2.01. The molecule has 0 aliphatic rings. The molecular weight excluding hydrogens is 130 g/mol. The molecule has 0 unspecified atom stereocenters. The van der Waals surface area contributed by atoms with Crippen molar-refractivity contribution in [3.63, 3.8) is 0 Å². The third-order valence-electron chi connectivity index (χ3n) is 1.35. The second-order valence-corrected chi connectivity index (χ2v) is 2.15. The summed E-state index contributed by atoms with van der Waals surface area (Å²) >= 11 is 0. The van der Waals surface area contributed by atoms with Crippen LogP contribution in [0.4, 0.5) is 11.7 Å². The van der Waals surface area contributed by atoms with E-state index in [4.69, 9.17) is 15.9 Å². The van der Waals surface area contributed by atoms with Crippen LogP contribution in [0.5, 0.6) is 0 Å². The number of nitrogens with two attached hydrogens (primary N) is 2. The van der Waals surface area contributed by atoms with E-state index in [2.05, 4.69) is 4.98 Å². The van der Waals surface area contributed by atoms with Crippen LogP contribution in [0.1, 0.15) is 0 Å². The Morgan fingerprint density at radius 2 is 2.10 bits per heavy atom. The number of aromatic nitrogens is 1. The number of hydrogen-bond donors (Lipinski definition) is 3. The van der Waals surface area contributed by atoms with Gasteiger partial charge < -0.3 is 20.9 Å². The van der Waals surface area contributed by atoms with Crippen LogP contribution in [0.15, 0.2) is 16.5 Å². The van der Waals surface area contributed by atoms with E-state index in [9.17, 15) is 0 Å². The van der Waals surface area contributed by atoms with Gasteiger partial charge in [0.25, 0.3) is 0 Å². The van der Waals surface area contributed by atoms with E-state index in [1.807, 2.05) is 0 Å². The third-order valence-corrected chi connectivity index (χ3v) is 1.35.